The number of aliphatic carboxylic acids is 1. The summed E-state index contributed by atoms with van der Waals surface area (Å²) in [6, 6.07) is 8.80. The van der Waals surface area contributed by atoms with E-state index in [-0.39, 0.29) is 6.42 Å². The number of carbonyl (C=O) groups is 1. The van der Waals surface area contributed by atoms with Crippen LogP contribution in [0.2, 0.25) is 0 Å². The highest BCUT2D eigenvalue weighted by Gasteiger charge is 2.49. The third-order valence-corrected chi connectivity index (χ3v) is 5.29. The van der Waals surface area contributed by atoms with Crippen LogP contribution in [-0.4, -0.2) is 28.6 Å². The van der Waals surface area contributed by atoms with Crippen molar-refractivity contribution in [3.63, 3.8) is 0 Å². The van der Waals surface area contributed by atoms with Gasteiger partial charge < -0.3 is 5.11 Å². The SMILES string of the molecule is CC1(C)CC2CC(C)(CN2Cc2ccc(CC(=O)O)cc2)C1. The van der Waals surface area contributed by atoms with E-state index < -0.39 is 5.97 Å². The lowest BCUT2D eigenvalue weighted by Crippen LogP contribution is -2.34. The normalized spacial score (nSPS) is 30.4. The summed E-state index contributed by atoms with van der Waals surface area (Å²) >= 11 is 0. The molecule has 1 saturated carbocycles. The van der Waals surface area contributed by atoms with Crippen molar-refractivity contribution in [3.05, 3.63) is 35.4 Å². The van der Waals surface area contributed by atoms with Crippen molar-refractivity contribution in [1.82, 2.24) is 4.90 Å². The van der Waals surface area contributed by atoms with E-state index >= 15 is 0 Å². The Bertz CT molecular complexity index is 563. The van der Waals surface area contributed by atoms with Crippen molar-refractivity contribution in [2.75, 3.05) is 6.54 Å². The summed E-state index contributed by atoms with van der Waals surface area (Å²) in [6.45, 7) is 9.43. The van der Waals surface area contributed by atoms with Crippen molar-refractivity contribution in [2.45, 2.75) is 59.0 Å². The van der Waals surface area contributed by atoms with E-state index in [0.717, 1.165) is 12.1 Å². The van der Waals surface area contributed by atoms with Gasteiger partial charge >= 0.3 is 5.97 Å². The minimum atomic E-state index is -0.767. The zero-order chi connectivity index (χ0) is 16.0. The third kappa shape index (κ3) is 3.35. The number of rotatable bonds is 4. The van der Waals surface area contributed by atoms with Gasteiger partial charge in [0.1, 0.15) is 0 Å². The van der Waals surface area contributed by atoms with Crippen LogP contribution in [-0.2, 0) is 17.8 Å². The Labute approximate surface area is 133 Å². The minimum absolute atomic E-state index is 0.110. The van der Waals surface area contributed by atoms with Crippen molar-refractivity contribution < 1.29 is 9.90 Å². The first-order valence-corrected chi connectivity index (χ1v) is 8.28. The first kappa shape index (κ1) is 15.5. The third-order valence-electron chi connectivity index (χ3n) is 5.29. The fourth-order valence-corrected chi connectivity index (χ4v) is 4.93. The molecule has 2 aliphatic rings. The summed E-state index contributed by atoms with van der Waals surface area (Å²) in [6.07, 6.45) is 4.05. The van der Waals surface area contributed by atoms with Gasteiger partial charge in [0, 0.05) is 19.1 Å². The van der Waals surface area contributed by atoms with E-state index in [1.807, 2.05) is 12.1 Å². The molecule has 0 amide bonds. The monoisotopic (exact) mass is 301 g/mol. The summed E-state index contributed by atoms with van der Waals surface area (Å²) in [5, 5.41) is 8.84. The molecule has 1 N–H and O–H groups in total. The Morgan fingerprint density at radius 3 is 2.45 bits per heavy atom. The van der Waals surface area contributed by atoms with Crippen LogP contribution in [0, 0.1) is 10.8 Å². The maximum absolute atomic E-state index is 10.7. The van der Waals surface area contributed by atoms with E-state index in [1.54, 1.807) is 0 Å². The molecule has 120 valence electrons. The maximum Gasteiger partial charge on any atom is 0.307 e. The zero-order valence-electron chi connectivity index (χ0n) is 13.9. The molecule has 2 atom stereocenters. The molecule has 3 nitrogen and oxygen atoms in total. The quantitative estimate of drug-likeness (QED) is 0.921. The van der Waals surface area contributed by atoms with Crippen LogP contribution < -0.4 is 0 Å². The second-order valence-electron chi connectivity index (χ2n) is 8.51. The molecule has 1 heterocycles. The highest BCUT2D eigenvalue weighted by Crippen LogP contribution is 2.52. The number of nitrogens with zero attached hydrogens (tertiary/aromatic N) is 1. The maximum atomic E-state index is 10.7. The molecule has 0 aromatic heterocycles. The van der Waals surface area contributed by atoms with Crippen molar-refractivity contribution in [1.29, 1.82) is 0 Å². The zero-order valence-corrected chi connectivity index (χ0v) is 13.9. The average Bonchev–Trinajstić information content (AvgIpc) is 2.60. The second kappa shape index (κ2) is 5.38. The largest absolute Gasteiger partial charge is 0.481 e. The number of carboxylic acid groups (broad SMARTS) is 1. The molecule has 3 heteroatoms. The Hall–Kier alpha value is -1.35. The summed E-state index contributed by atoms with van der Waals surface area (Å²) in [5.41, 5.74) is 3.10. The van der Waals surface area contributed by atoms with Crippen LogP contribution in [0.4, 0.5) is 0 Å². The number of carboxylic acids is 1. The van der Waals surface area contributed by atoms with Gasteiger partial charge in [-0.2, -0.15) is 0 Å². The van der Waals surface area contributed by atoms with Gasteiger partial charge in [0.05, 0.1) is 6.42 Å². The first-order chi connectivity index (χ1) is 10.2. The van der Waals surface area contributed by atoms with Crippen LogP contribution >= 0.6 is 0 Å². The van der Waals surface area contributed by atoms with Gasteiger partial charge in [-0.15, -0.1) is 0 Å². The fourth-order valence-electron chi connectivity index (χ4n) is 4.93. The minimum Gasteiger partial charge on any atom is -0.481 e. The van der Waals surface area contributed by atoms with Crippen LogP contribution in [0.5, 0.6) is 0 Å². The number of fused-ring (bicyclic) bond motifs is 2. The van der Waals surface area contributed by atoms with Crippen LogP contribution in [0.3, 0.4) is 0 Å². The Kier molecular flexibility index (Phi) is 3.80. The summed E-state index contributed by atoms with van der Waals surface area (Å²) in [5.74, 6) is -0.767. The van der Waals surface area contributed by atoms with Gasteiger partial charge in [0.15, 0.2) is 0 Å². The molecule has 22 heavy (non-hydrogen) atoms. The molecule has 0 spiro atoms. The van der Waals surface area contributed by atoms with Crippen LogP contribution in [0.1, 0.15) is 51.2 Å². The Balaban J connectivity index is 1.68. The molecule has 1 saturated heterocycles. The van der Waals surface area contributed by atoms with Gasteiger partial charge in [0.25, 0.3) is 0 Å². The smallest absolute Gasteiger partial charge is 0.307 e. The van der Waals surface area contributed by atoms with E-state index in [2.05, 4.69) is 37.8 Å². The molecule has 1 aromatic carbocycles. The molecule has 1 aliphatic heterocycles. The topological polar surface area (TPSA) is 40.5 Å². The Morgan fingerprint density at radius 2 is 1.82 bits per heavy atom. The van der Waals surface area contributed by atoms with Gasteiger partial charge in [-0.3, -0.25) is 9.69 Å². The molecule has 3 rings (SSSR count). The van der Waals surface area contributed by atoms with E-state index in [4.69, 9.17) is 5.11 Å². The fraction of sp³-hybridized carbons (Fsp3) is 0.632. The molecule has 1 aromatic rings. The van der Waals surface area contributed by atoms with E-state index in [1.165, 1.54) is 31.4 Å². The highest BCUT2D eigenvalue weighted by molar-refractivity contribution is 5.70. The van der Waals surface area contributed by atoms with Crippen LogP contribution in [0.25, 0.3) is 0 Å². The molecule has 1 aliphatic carbocycles. The predicted molar refractivity (Wildman–Crippen MR) is 87.7 cm³/mol. The summed E-state index contributed by atoms with van der Waals surface area (Å²) in [7, 11) is 0. The summed E-state index contributed by atoms with van der Waals surface area (Å²) in [4.78, 5) is 13.4. The van der Waals surface area contributed by atoms with Crippen molar-refractivity contribution in [3.8, 4) is 0 Å². The summed E-state index contributed by atoms with van der Waals surface area (Å²) < 4.78 is 0. The molecule has 2 bridgehead atoms. The number of benzene rings is 1. The highest BCUT2D eigenvalue weighted by atomic mass is 16.4. The molecular weight excluding hydrogens is 274 g/mol. The molecule has 0 radical (unpaired) electrons. The van der Waals surface area contributed by atoms with Crippen molar-refractivity contribution >= 4 is 5.97 Å². The molecular formula is C19H27NO2. The molecule has 2 unspecified atom stereocenters. The second-order valence-corrected chi connectivity index (χ2v) is 8.51. The van der Waals surface area contributed by atoms with Crippen molar-refractivity contribution in [2.24, 2.45) is 10.8 Å². The lowest BCUT2D eigenvalue weighted by molar-refractivity contribution is -0.136. The van der Waals surface area contributed by atoms with Gasteiger partial charge in [-0.05, 0) is 41.2 Å². The van der Waals surface area contributed by atoms with E-state index in [9.17, 15) is 4.79 Å². The first-order valence-electron chi connectivity index (χ1n) is 8.28. The molecule has 2 fully saturated rings. The Morgan fingerprint density at radius 1 is 1.18 bits per heavy atom. The lowest BCUT2D eigenvalue weighted by atomic mass is 9.65. The van der Waals surface area contributed by atoms with Gasteiger partial charge in [-0.25, -0.2) is 0 Å². The average molecular weight is 301 g/mol. The standard InChI is InChI=1S/C19H27NO2/c1-18(2)9-16-10-19(3,12-18)13-20(16)11-15-6-4-14(5-7-15)8-17(21)22/h4-7,16H,8-13H2,1-3H3,(H,21,22). The van der Waals surface area contributed by atoms with Gasteiger partial charge in [-0.1, -0.05) is 45.0 Å². The number of hydrogen-bond donors (Lipinski definition) is 1. The van der Waals surface area contributed by atoms with Gasteiger partial charge in [0.2, 0.25) is 0 Å². The number of likely N-dealkylation sites (tertiary alicyclic amines) is 1. The van der Waals surface area contributed by atoms with E-state index in [0.29, 0.717) is 16.9 Å². The lowest BCUT2D eigenvalue weighted by Gasteiger charge is -2.40. The van der Waals surface area contributed by atoms with Crippen LogP contribution in [0.15, 0.2) is 24.3 Å². The predicted octanol–water partition coefficient (Wildman–Crippen LogP) is 3.71. The number of hydrogen-bond acceptors (Lipinski definition) is 2.